The lowest BCUT2D eigenvalue weighted by atomic mass is 9.82. The molecule has 1 aliphatic heterocycles. The molecule has 1 fully saturated rings. The summed E-state index contributed by atoms with van der Waals surface area (Å²) in [5.41, 5.74) is 0.906. The second-order valence-electron chi connectivity index (χ2n) is 6.40. The quantitative estimate of drug-likeness (QED) is 0.866. The zero-order valence-corrected chi connectivity index (χ0v) is 12.6. The number of fused-ring (bicyclic) bond motifs is 2. The summed E-state index contributed by atoms with van der Waals surface area (Å²) in [6.45, 7) is 1.11. The minimum atomic E-state index is -0.863. The standard InChI is InChI=1S/C18H18N2O3/c21-17(14-12-6-7-13(10-12)15(14)18(22)23)20-9-8-19-16(20)11-4-2-1-3-5-11/h1-7,12-15H,8-10H2,(H,22,23). The average molecular weight is 310 g/mol. The Kier molecular flexibility index (Phi) is 3.29. The molecule has 0 spiro atoms. The Balaban J connectivity index is 1.63. The van der Waals surface area contributed by atoms with Crippen molar-refractivity contribution in [3.05, 3.63) is 48.0 Å². The van der Waals surface area contributed by atoms with Gasteiger partial charge in [-0.3, -0.25) is 19.5 Å². The minimum absolute atomic E-state index is 0.00818. The molecule has 1 heterocycles. The van der Waals surface area contributed by atoms with Crippen LogP contribution in [0.1, 0.15) is 12.0 Å². The largest absolute Gasteiger partial charge is 0.481 e. The van der Waals surface area contributed by atoms with Gasteiger partial charge in [-0.1, -0.05) is 42.5 Å². The molecule has 0 radical (unpaired) electrons. The lowest BCUT2D eigenvalue weighted by Crippen LogP contribution is -2.44. The molecule has 3 aliphatic rings. The summed E-state index contributed by atoms with van der Waals surface area (Å²) in [7, 11) is 0. The Hall–Kier alpha value is -2.43. The van der Waals surface area contributed by atoms with Gasteiger partial charge >= 0.3 is 5.97 Å². The van der Waals surface area contributed by atoms with Crippen molar-refractivity contribution >= 4 is 17.7 Å². The molecule has 4 atom stereocenters. The van der Waals surface area contributed by atoms with Crippen LogP contribution >= 0.6 is 0 Å². The van der Waals surface area contributed by atoms with E-state index in [0.717, 1.165) is 12.0 Å². The van der Waals surface area contributed by atoms with E-state index < -0.39 is 17.8 Å². The number of rotatable bonds is 3. The van der Waals surface area contributed by atoms with E-state index in [1.165, 1.54) is 0 Å². The van der Waals surface area contributed by atoms with Gasteiger partial charge in [0.15, 0.2) is 0 Å². The van der Waals surface area contributed by atoms with Gasteiger partial charge < -0.3 is 5.11 Å². The highest BCUT2D eigenvalue weighted by Gasteiger charge is 2.53. The Morgan fingerprint density at radius 3 is 2.48 bits per heavy atom. The van der Waals surface area contributed by atoms with Crippen LogP contribution in [-0.4, -0.2) is 40.8 Å². The van der Waals surface area contributed by atoms with Gasteiger partial charge in [-0.05, 0) is 18.3 Å². The van der Waals surface area contributed by atoms with Gasteiger partial charge in [0.1, 0.15) is 5.84 Å². The number of carboxylic acid groups (broad SMARTS) is 1. The molecule has 4 rings (SSSR count). The number of carboxylic acids is 1. The van der Waals surface area contributed by atoms with Gasteiger partial charge in [-0.2, -0.15) is 0 Å². The van der Waals surface area contributed by atoms with Crippen LogP contribution in [0.5, 0.6) is 0 Å². The summed E-state index contributed by atoms with van der Waals surface area (Å²) < 4.78 is 0. The summed E-state index contributed by atoms with van der Waals surface area (Å²) in [4.78, 5) is 30.9. The van der Waals surface area contributed by atoms with Gasteiger partial charge in [0, 0.05) is 12.1 Å². The van der Waals surface area contributed by atoms with Crippen molar-refractivity contribution < 1.29 is 14.7 Å². The van der Waals surface area contributed by atoms with Crippen molar-refractivity contribution in [3.8, 4) is 0 Å². The van der Waals surface area contributed by atoms with Crippen LogP contribution in [0.2, 0.25) is 0 Å². The van der Waals surface area contributed by atoms with E-state index in [9.17, 15) is 14.7 Å². The van der Waals surface area contributed by atoms with Crippen LogP contribution in [0.15, 0.2) is 47.5 Å². The number of benzene rings is 1. The molecule has 2 aliphatic carbocycles. The smallest absolute Gasteiger partial charge is 0.307 e. The molecule has 0 aromatic heterocycles. The highest BCUT2D eigenvalue weighted by molar-refractivity contribution is 6.10. The van der Waals surface area contributed by atoms with Crippen LogP contribution in [0, 0.1) is 23.7 Å². The first-order valence-corrected chi connectivity index (χ1v) is 7.99. The van der Waals surface area contributed by atoms with Crippen molar-refractivity contribution in [1.82, 2.24) is 4.90 Å². The van der Waals surface area contributed by atoms with Crippen molar-refractivity contribution in [2.24, 2.45) is 28.7 Å². The molecule has 23 heavy (non-hydrogen) atoms. The summed E-state index contributed by atoms with van der Waals surface area (Å²) >= 11 is 0. The number of aliphatic imine (C=N–C) groups is 1. The maximum Gasteiger partial charge on any atom is 0.307 e. The minimum Gasteiger partial charge on any atom is -0.481 e. The van der Waals surface area contributed by atoms with Crippen LogP contribution in [-0.2, 0) is 9.59 Å². The molecule has 5 nitrogen and oxygen atoms in total. The number of aliphatic carboxylic acids is 1. The zero-order chi connectivity index (χ0) is 16.0. The van der Waals surface area contributed by atoms with Gasteiger partial charge in [0.05, 0.1) is 18.4 Å². The number of hydrogen-bond acceptors (Lipinski definition) is 3. The van der Waals surface area contributed by atoms with E-state index in [0.29, 0.717) is 18.9 Å². The van der Waals surface area contributed by atoms with Crippen molar-refractivity contribution in [2.45, 2.75) is 6.42 Å². The summed E-state index contributed by atoms with van der Waals surface area (Å²) in [6, 6.07) is 9.62. The normalized spacial score (nSPS) is 31.5. The lowest BCUT2D eigenvalue weighted by molar-refractivity contribution is -0.149. The fourth-order valence-corrected chi connectivity index (χ4v) is 4.17. The third-order valence-corrected chi connectivity index (χ3v) is 5.17. The molecule has 1 amide bonds. The molecule has 2 bridgehead atoms. The third kappa shape index (κ3) is 2.19. The number of carbonyl (C=O) groups is 2. The highest BCUT2D eigenvalue weighted by Crippen LogP contribution is 2.49. The lowest BCUT2D eigenvalue weighted by Gasteiger charge is -2.29. The van der Waals surface area contributed by atoms with E-state index in [1.807, 2.05) is 42.5 Å². The second-order valence-corrected chi connectivity index (χ2v) is 6.40. The van der Waals surface area contributed by atoms with Gasteiger partial charge in [0.25, 0.3) is 0 Å². The Morgan fingerprint density at radius 1 is 1.09 bits per heavy atom. The van der Waals surface area contributed by atoms with Crippen molar-refractivity contribution in [1.29, 1.82) is 0 Å². The summed E-state index contributed by atoms with van der Waals surface area (Å²) in [6.07, 6.45) is 4.75. The van der Waals surface area contributed by atoms with Crippen LogP contribution < -0.4 is 0 Å². The predicted molar refractivity (Wildman–Crippen MR) is 84.9 cm³/mol. The second kappa shape index (κ2) is 5.33. The van der Waals surface area contributed by atoms with Crippen molar-refractivity contribution in [2.75, 3.05) is 13.1 Å². The molecule has 1 aromatic carbocycles. The SMILES string of the molecule is O=C(O)C1C2C=CC(C2)C1C(=O)N1CCN=C1c1ccccc1. The van der Waals surface area contributed by atoms with E-state index in [4.69, 9.17) is 0 Å². The first-order chi connectivity index (χ1) is 11.2. The summed E-state index contributed by atoms with van der Waals surface area (Å²) in [5.74, 6) is -1.31. The Labute approximate surface area is 134 Å². The maximum absolute atomic E-state index is 13.1. The molecule has 1 aromatic rings. The van der Waals surface area contributed by atoms with Crippen LogP contribution in [0.25, 0.3) is 0 Å². The molecule has 5 heteroatoms. The molecular formula is C18H18N2O3. The van der Waals surface area contributed by atoms with Gasteiger partial charge in [0.2, 0.25) is 5.91 Å². The number of carbonyl (C=O) groups excluding carboxylic acids is 1. The Morgan fingerprint density at radius 2 is 1.78 bits per heavy atom. The monoisotopic (exact) mass is 310 g/mol. The van der Waals surface area contributed by atoms with Crippen molar-refractivity contribution in [3.63, 3.8) is 0 Å². The van der Waals surface area contributed by atoms with Gasteiger partial charge in [-0.25, -0.2) is 0 Å². The van der Waals surface area contributed by atoms with Crippen LogP contribution in [0.3, 0.4) is 0 Å². The molecule has 4 unspecified atom stereocenters. The maximum atomic E-state index is 13.1. The van der Waals surface area contributed by atoms with E-state index in [1.54, 1.807) is 4.90 Å². The van der Waals surface area contributed by atoms with E-state index in [-0.39, 0.29) is 17.7 Å². The number of allylic oxidation sites excluding steroid dienone is 2. The predicted octanol–water partition coefficient (Wildman–Crippen LogP) is 1.80. The third-order valence-electron chi connectivity index (χ3n) is 5.17. The molecule has 0 saturated heterocycles. The highest BCUT2D eigenvalue weighted by atomic mass is 16.4. The number of amidine groups is 1. The molecule has 1 N–H and O–H groups in total. The number of nitrogens with zero attached hydrogens (tertiary/aromatic N) is 2. The average Bonchev–Trinajstić information content (AvgIpc) is 3.29. The first kappa shape index (κ1) is 14.2. The fourth-order valence-electron chi connectivity index (χ4n) is 4.17. The van der Waals surface area contributed by atoms with E-state index in [2.05, 4.69) is 4.99 Å². The first-order valence-electron chi connectivity index (χ1n) is 7.99. The van der Waals surface area contributed by atoms with Crippen LogP contribution in [0.4, 0.5) is 0 Å². The fraction of sp³-hybridized carbons (Fsp3) is 0.389. The Bertz CT molecular complexity index is 710. The topological polar surface area (TPSA) is 70.0 Å². The zero-order valence-electron chi connectivity index (χ0n) is 12.6. The number of amides is 1. The molecular weight excluding hydrogens is 292 g/mol. The summed E-state index contributed by atoms with van der Waals surface area (Å²) in [5, 5.41) is 9.55. The molecule has 1 saturated carbocycles. The molecule has 118 valence electrons. The van der Waals surface area contributed by atoms with E-state index >= 15 is 0 Å². The van der Waals surface area contributed by atoms with Gasteiger partial charge in [-0.15, -0.1) is 0 Å². The number of hydrogen-bond donors (Lipinski definition) is 1.